The number of aliphatic imine (C=N–C) groups is 2. The molecule has 2 aromatic heterocycles. The first-order valence-electron chi connectivity index (χ1n) is 17.2. The van der Waals surface area contributed by atoms with Gasteiger partial charge in [-0.25, -0.2) is 4.79 Å². The number of thioether (sulfide) groups is 2. The molecule has 1 amide bonds. The Morgan fingerprint density at radius 1 is 1.06 bits per heavy atom. The molecule has 2 unspecified atom stereocenters. The van der Waals surface area contributed by atoms with Crippen LogP contribution in [0.4, 0.5) is 4.79 Å². The van der Waals surface area contributed by atoms with Crippen molar-refractivity contribution in [3.05, 3.63) is 70.3 Å². The van der Waals surface area contributed by atoms with E-state index in [4.69, 9.17) is 32.5 Å². The minimum atomic E-state index is -0.554. The topological polar surface area (TPSA) is 143 Å². The number of carbonyl (C=O) groups is 1. The van der Waals surface area contributed by atoms with Gasteiger partial charge in [0.15, 0.2) is 11.0 Å². The number of aromatic nitrogens is 6. The van der Waals surface area contributed by atoms with Crippen LogP contribution < -0.4 is 0 Å². The summed E-state index contributed by atoms with van der Waals surface area (Å²) in [5, 5.41) is 19.5. The van der Waals surface area contributed by atoms with E-state index in [2.05, 4.69) is 45.3 Å². The molecule has 53 heavy (non-hydrogen) atoms. The summed E-state index contributed by atoms with van der Waals surface area (Å²) >= 11 is 15.4. The van der Waals surface area contributed by atoms with E-state index in [0.29, 0.717) is 47.3 Å². The van der Waals surface area contributed by atoms with E-state index >= 15 is 0 Å². The minimum absolute atomic E-state index is 0.128. The number of benzene rings is 2. The van der Waals surface area contributed by atoms with Gasteiger partial charge in [-0.1, -0.05) is 70.1 Å². The molecule has 0 N–H and O–H groups in total. The molecule has 18 heteroatoms. The lowest BCUT2D eigenvalue weighted by atomic mass is 10.0. The standard InChI is InChI=1S/C20H26ClN5O3S.C15H19ClN6S/c1-20(2,3)28-19(27)25-8-9-26(13-30-12-22-4)16(11-25)18-23-17(24-29-18)14-6-5-7-15(21)10-14;1-17-15(23-2)21-9-4-3-8-13(21)14-18-20-22(19-14)12-7-5-6-11(16)10-12/h5-7,10,12,16H,8-9,11,13H2,1-4H3;5-7,10,13H,3-4,8-9H2,1-2H3. The van der Waals surface area contributed by atoms with Gasteiger partial charge in [-0.15, -0.1) is 15.0 Å². The van der Waals surface area contributed by atoms with E-state index in [1.54, 1.807) is 53.2 Å². The van der Waals surface area contributed by atoms with Crippen LogP contribution in [0.5, 0.6) is 0 Å². The van der Waals surface area contributed by atoms with Gasteiger partial charge in [-0.05, 0) is 81.8 Å². The van der Waals surface area contributed by atoms with Gasteiger partial charge in [0.2, 0.25) is 11.7 Å². The number of halogens is 2. The maximum atomic E-state index is 12.6. The average Bonchev–Trinajstić information content (AvgIpc) is 3.84. The van der Waals surface area contributed by atoms with Gasteiger partial charge in [-0.2, -0.15) is 4.98 Å². The highest BCUT2D eigenvalue weighted by molar-refractivity contribution is 8.13. The second kappa shape index (κ2) is 19.1. The van der Waals surface area contributed by atoms with Crippen LogP contribution >= 0.6 is 46.7 Å². The summed E-state index contributed by atoms with van der Waals surface area (Å²) in [4.78, 5) is 33.3. The molecule has 6 rings (SSSR count). The van der Waals surface area contributed by atoms with Gasteiger partial charge in [0, 0.05) is 55.9 Å². The molecule has 2 saturated heterocycles. The van der Waals surface area contributed by atoms with E-state index in [-0.39, 0.29) is 18.2 Å². The molecule has 0 radical (unpaired) electrons. The number of piperazine rings is 1. The minimum Gasteiger partial charge on any atom is -0.444 e. The maximum Gasteiger partial charge on any atom is 0.410 e. The molecular weight excluding hydrogens is 757 g/mol. The van der Waals surface area contributed by atoms with Gasteiger partial charge in [0.25, 0.3) is 0 Å². The van der Waals surface area contributed by atoms with Crippen molar-refractivity contribution < 1.29 is 14.1 Å². The Bertz CT molecular complexity index is 1870. The Labute approximate surface area is 328 Å². The maximum absolute atomic E-state index is 12.6. The van der Waals surface area contributed by atoms with Gasteiger partial charge in [0.05, 0.1) is 23.2 Å². The van der Waals surface area contributed by atoms with Crippen molar-refractivity contribution >= 4 is 63.5 Å². The fourth-order valence-corrected chi connectivity index (χ4v) is 7.58. The number of rotatable bonds is 7. The van der Waals surface area contributed by atoms with Crippen LogP contribution in [0.25, 0.3) is 17.1 Å². The molecule has 0 saturated carbocycles. The van der Waals surface area contributed by atoms with Crippen molar-refractivity contribution in [3.63, 3.8) is 0 Å². The number of carbonyl (C=O) groups excluding carboxylic acids is 1. The highest BCUT2D eigenvalue weighted by Gasteiger charge is 2.36. The zero-order valence-corrected chi connectivity index (χ0v) is 33.9. The van der Waals surface area contributed by atoms with Crippen LogP contribution in [0.1, 0.15) is 63.8 Å². The first-order chi connectivity index (χ1) is 25.5. The molecule has 14 nitrogen and oxygen atoms in total. The lowest BCUT2D eigenvalue weighted by Crippen LogP contribution is -2.51. The SMILES string of the molecule is CN=C(SC)N1CCCCC1c1nnn(-c2cccc(Cl)c2)n1.CN=CSCN1CCN(C(=O)OC(C)(C)C)CC1c1nc(-c2cccc(Cl)c2)no1. The Hall–Kier alpha value is -3.70. The fourth-order valence-electron chi connectivity index (χ4n) is 5.85. The molecule has 0 spiro atoms. The largest absolute Gasteiger partial charge is 0.444 e. The number of amidine groups is 1. The van der Waals surface area contributed by atoms with E-state index in [0.717, 1.165) is 41.6 Å². The Kier molecular flexibility index (Phi) is 14.6. The predicted molar refractivity (Wildman–Crippen MR) is 213 cm³/mol. The lowest BCUT2D eigenvalue weighted by molar-refractivity contribution is 0.00305. The van der Waals surface area contributed by atoms with Crippen molar-refractivity contribution in [2.45, 2.75) is 57.7 Å². The number of hydrogen-bond acceptors (Lipinski definition) is 13. The highest BCUT2D eigenvalue weighted by Crippen LogP contribution is 2.32. The van der Waals surface area contributed by atoms with Crippen molar-refractivity contribution in [3.8, 4) is 17.1 Å². The number of hydrogen-bond donors (Lipinski definition) is 0. The number of nitrogens with zero attached hydrogens (tertiary/aromatic N) is 11. The van der Waals surface area contributed by atoms with Crippen LogP contribution in [0.2, 0.25) is 10.0 Å². The second-order valence-corrected chi connectivity index (χ2v) is 15.7. The first kappa shape index (κ1) is 40.5. The summed E-state index contributed by atoms with van der Waals surface area (Å²) in [5.41, 5.74) is 2.83. The molecule has 2 fully saturated rings. The third-order valence-electron chi connectivity index (χ3n) is 8.26. The predicted octanol–water partition coefficient (Wildman–Crippen LogP) is 7.52. The molecule has 4 aromatic rings. The molecule has 2 aliphatic heterocycles. The number of ether oxygens (including phenoxy) is 1. The molecular formula is C35H45Cl2N11O3S2. The second-order valence-electron chi connectivity index (χ2n) is 13.2. The van der Waals surface area contributed by atoms with Gasteiger partial charge in [0.1, 0.15) is 11.6 Å². The molecule has 0 bridgehead atoms. The molecule has 284 valence electrons. The zero-order valence-electron chi connectivity index (χ0n) is 30.7. The van der Waals surface area contributed by atoms with E-state index in [9.17, 15) is 4.79 Å². The number of likely N-dealkylation sites (tertiary alicyclic amines) is 1. The summed E-state index contributed by atoms with van der Waals surface area (Å²) in [6.45, 7) is 8.16. The average molecular weight is 803 g/mol. The van der Waals surface area contributed by atoms with Crippen LogP contribution in [-0.4, -0.2) is 120 Å². The summed E-state index contributed by atoms with van der Waals surface area (Å²) < 4.78 is 11.1. The molecule has 2 aromatic carbocycles. The van der Waals surface area contributed by atoms with Crippen molar-refractivity contribution in [1.82, 2.24) is 45.0 Å². The molecule has 0 aliphatic carbocycles. The Balaban J connectivity index is 0.000000211. The zero-order chi connectivity index (χ0) is 38.0. The summed E-state index contributed by atoms with van der Waals surface area (Å²) in [6, 6.07) is 14.6. The highest BCUT2D eigenvalue weighted by atomic mass is 35.5. The van der Waals surface area contributed by atoms with Crippen molar-refractivity contribution in [2.24, 2.45) is 9.98 Å². The lowest BCUT2D eigenvalue weighted by Gasteiger charge is -2.39. The summed E-state index contributed by atoms with van der Waals surface area (Å²) in [5.74, 6) is 2.34. The Morgan fingerprint density at radius 2 is 1.83 bits per heavy atom. The van der Waals surface area contributed by atoms with Gasteiger partial charge < -0.3 is 19.1 Å². The fraction of sp³-hybridized carbons (Fsp3) is 0.486. The third kappa shape index (κ3) is 11.2. The number of tetrazole rings is 1. The van der Waals surface area contributed by atoms with Crippen LogP contribution in [0.3, 0.4) is 0 Å². The molecule has 2 aliphatic rings. The van der Waals surface area contributed by atoms with E-state index in [1.807, 2.05) is 70.5 Å². The third-order valence-corrected chi connectivity index (χ3v) is 10.4. The summed E-state index contributed by atoms with van der Waals surface area (Å²) in [6.07, 6.45) is 5.05. The van der Waals surface area contributed by atoms with Crippen molar-refractivity contribution in [2.75, 3.05) is 52.4 Å². The van der Waals surface area contributed by atoms with Crippen LogP contribution in [0.15, 0.2) is 63.0 Å². The molecule has 2 atom stereocenters. The van der Waals surface area contributed by atoms with Crippen LogP contribution in [-0.2, 0) is 4.74 Å². The van der Waals surface area contributed by atoms with Crippen molar-refractivity contribution in [1.29, 1.82) is 0 Å². The number of piperidine rings is 1. The summed E-state index contributed by atoms with van der Waals surface area (Å²) in [7, 11) is 3.56. The van der Waals surface area contributed by atoms with Crippen LogP contribution in [0, 0.1) is 0 Å². The van der Waals surface area contributed by atoms with Gasteiger partial charge in [-0.3, -0.25) is 14.9 Å². The monoisotopic (exact) mass is 801 g/mol. The van der Waals surface area contributed by atoms with E-state index < -0.39 is 5.60 Å². The first-order valence-corrected chi connectivity index (χ1v) is 20.2. The molecule has 4 heterocycles. The Morgan fingerprint density at radius 3 is 2.53 bits per heavy atom. The smallest absolute Gasteiger partial charge is 0.410 e. The normalized spacial score (nSPS) is 18.6. The van der Waals surface area contributed by atoms with E-state index in [1.165, 1.54) is 11.2 Å². The van der Waals surface area contributed by atoms with Gasteiger partial charge >= 0.3 is 6.09 Å². The quantitative estimate of drug-likeness (QED) is 0.135. The number of amides is 1.